The third-order valence-electron chi connectivity index (χ3n) is 6.18. The van der Waals surface area contributed by atoms with Crippen molar-refractivity contribution in [1.82, 2.24) is 29.3 Å². The number of nitrogens with zero attached hydrogens (tertiary/aromatic N) is 6. The summed E-state index contributed by atoms with van der Waals surface area (Å²) in [6, 6.07) is 3.71. The molecule has 1 amide bonds. The molecule has 0 spiro atoms. The molecule has 0 bridgehead atoms. The molecule has 2 N–H and O–H groups in total. The molecular formula is C25H28N8O2. The quantitative estimate of drug-likeness (QED) is 0.384. The summed E-state index contributed by atoms with van der Waals surface area (Å²) in [5.74, 6) is 0.636. The molecule has 3 aromatic heterocycles. The minimum absolute atomic E-state index is 0.00673. The first-order valence-corrected chi connectivity index (χ1v) is 11.6. The van der Waals surface area contributed by atoms with Crippen molar-refractivity contribution in [3.8, 4) is 0 Å². The number of anilines is 1. The van der Waals surface area contributed by atoms with Crippen LogP contribution in [0.15, 0.2) is 61.4 Å². The van der Waals surface area contributed by atoms with Gasteiger partial charge in [-0.3, -0.25) is 14.9 Å². The number of aromatic nitrogens is 5. The molecule has 4 heterocycles. The van der Waals surface area contributed by atoms with Gasteiger partial charge in [0.1, 0.15) is 5.84 Å². The van der Waals surface area contributed by atoms with Crippen molar-refractivity contribution in [2.75, 3.05) is 19.0 Å². The Morgan fingerprint density at radius 3 is 2.91 bits per heavy atom. The topological polar surface area (TPSA) is 113 Å². The summed E-state index contributed by atoms with van der Waals surface area (Å²) in [7, 11) is 1.67. The predicted octanol–water partition coefficient (Wildman–Crippen LogP) is 3.43. The number of ether oxygens (including phenoxy) is 1. The van der Waals surface area contributed by atoms with E-state index in [2.05, 4.69) is 27.1 Å². The van der Waals surface area contributed by atoms with Crippen LogP contribution in [0.25, 0.3) is 11.2 Å². The monoisotopic (exact) mass is 472 g/mol. The zero-order chi connectivity index (χ0) is 24.5. The fraction of sp³-hybridized carbons (Fsp3) is 0.320. The van der Waals surface area contributed by atoms with Crippen LogP contribution in [-0.2, 0) is 16.1 Å². The fourth-order valence-electron chi connectivity index (χ4n) is 3.86. The Morgan fingerprint density at radius 1 is 1.31 bits per heavy atom. The van der Waals surface area contributed by atoms with Gasteiger partial charge in [0.05, 0.1) is 37.2 Å². The lowest BCUT2D eigenvalue weighted by Crippen LogP contribution is -2.29. The van der Waals surface area contributed by atoms with E-state index in [-0.39, 0.29) is 17.7 Å². The highest BCUT2D eigenvalue weighted by Gasteiger charge is 2.30. The number of nitrogens with one attached hydrogen (secondary N) is 2. The van der Waals surface area contributed by atoms with Crippen LogP contribution in [0.4, 0.5) is 5.82 Å². The zero-order valence-corrected chi connectivity index (χ0v) is 19.8. The standard InChI is InChI=1S/C25H28N8O2/c1-16-4-5-19(20-12-27-31(13-20)10-11-35-3)14-32(16)24(26)17(2)21-8-9-23-28-22(15-33(23)30-21)29-25(34)18-6-7-18/h4-5,8-9,12-15,17-18,26H,1,6-7,10-11H2,2-3H3,(H,29,34). The number of amidine groups is 1. The molecule has 3 aromatic rings. The van der Waals surface area contributed by atoms with Gasteiger partial charge in [-0.1, -0.05) is 12.7 Å². The molecule has 180 valence electrons. The second-order valence-corrected chi connectivity index (χ2v) is 8.82. The summed E-state index contributed by atoms with van der Waals surface area (Å²) in [5.41, 5.74) is 3.94. The van der Waals surface area contributed by atoms with Crippen molar-refractivity contribution in [3.05, 3.63) is 72.6 Å². The number of hydrogen-bond acceptors (Lipinski definition) is 6. The highest BCUT2D eigenvalue weighted by atomic mass is 16.5. The molecule has 1 fully saturated rings. The van der Waals surface area contributed by atoms with E-state index in [1.807, 2.05) is 48.3 Å². The number of hydrogen-bond donors (Lipinski definition) is 2. The maximum atomic E-state index is 12.1. The van der Waals surface area contributed by atoms with E-state index in [9.17, 15) is 4.79 Å². The summed E-state index contributed by atoms with van der Waals surface area (Å²) in [5, 5.41) is 20.8. The van der Waals surface area contributed by atoms with Gasteiger partial charge >= 0.3 is 0 Å². The van der Waals surface area contributed by atoms with Crippen LogP contribution in [0.1, 0.15) is 36.9 Å². The summed E-state index contributed by atoms with van der Waals surface area (Å²) in [6.07, 6.45) is 13.1. The lowest BCUT2D eigenvalue weighted by molar-refractivity contribution is -0.117. The van der Waals surface area contributed by atoms with Crippen molar-refractivity contribution >= 4 is 28.8 Å². The van der Waals surface area contributed by atoms with E-state index in [0.717, 1.165) is 24.0 Å². The van der Waals surface area contributed by atoms with Gasteiger partial charge in [0.25, 0.3) is 0 Å². The van der Waals surface area contributed by atoms with E-state index < -0.39 is 0 Å². The van der Waals surface area contributed by atoms with Crippen LogP contribution in [0.5, 0.6) is 0 Å². The molecule has 2 aliphatic rings. The molecule has 0 saturated heterocycles. The van der Waals surface area contributed by atoms with E-state index in [1.165, 1.54) is 0 Å². The Bertz CT molecular complexity index is 1360. The molecular weight excluding hydrogens is 444 g/mol. The number of imidazole rings is 1. The maximum Gasteiger partial charge on any atom is 0.228 e. The first-order chi connectivity index (χ1) is 16.9. The molecule has 0 radical (unpaired) electrons. The Balaban J connectivity index is 1.33. The second-order valence-electron chi connectivity index (χ2n) is 8.82. The fourth-order valence-corrected chi connectivity index (χ4v) is 3.86. The van der Waals surface area contributed by atoms with Gasteiger partial charge in [-0.25, -0.2) is 9.50 Å². The molecule has 10 heteroatoms. The second kappa shape index (κ2) is 9.30. The molecule has 10 nitrogen and oxygen atoms in total. The third kappa shape index (κ3) is 4.78. The average molecular weight is 473 g/mol. The van der Waals surface area contributed by atoms with Gasteiger partial charge in [-0.05, 0) is 38.0 Å². The molecule has 0 aromatic carbocycles. The number of fused-ring (bicyclic) bond motifs is 1. The zero-order valence-electron chi connectivity index (χ0n) is 19.8. The largest absolute Gasteiger partial charge is 0.383 e. The number of carbonyl (C=O) groups is 1. The number of rotatable bonds is 8. The minimum Gasteiger partial charge on any atom is -0.383 e. The Hall–Kier alpha value is -4.05. The summed E-state index contributed by atoms with van der Waals surface area (Å²) in [6.45, 7) is 7.30. The minimum atomic E-state index is -0.309. The van der Waals surface area contributed by atoms with E-state index >= 15 is 0 Å². The van der Waals surface area contributed by atoms with Gasteiger partial charge in [0.15, 0.2) is 11.5 Å². The van der Waals surface area contributed by atoms with Gasteiger partial charge in [0.2, 0.25) is 5.91 Å². The van der Waals surface area contributed by atoms with Crippen molar-refractivity contribution < 1.29 is 9.53 Å². The van der Waals surface area contributed by atoms with E-state index in [0.29, 0.717) is 41.8 Å². The summed E-state index contributed by atoms with van der Waals surface area (Å²) >= 11 is 0. The Labute approximate surface area is 203 Å². The van der Waals surface area contributed by atoms with Crippen molar-refractivity contribution in [2.45, 2.75) is 32.2 Å². The first-order valence-electron chi connectivity index (χ1n) is 11.6. The van der Waals surface area contributed by atoms with Crippen LogP contribution >= 0.6 is 0 Å². The Kier molecular flexibility index (Phi) is 6.04. The van der Waals surface area contributed by atoms with Crippen molar-refractivity contribution in [2.24, 2.45) is 5.92 Å². The molecule has 1 saturated carbocycles. The summed E-state index contributed by atoms with van der Waals surface area (Å²) < 4.78 is 8.60. The molecule has 35 heavy (non-hydrogen) atoms. The van der Waals surface area contributed by atoms with Gasteiger partial charge < -0.3 is 15.0 Å². The number of methoxy groups -OCH3 is 1. The average Bonchev–Trinajstić information content (AvgIpc) is 3.48. The van der Waals surface area contributed by atoms with Gasteiger partial charge in [-0.2, -0.15) is 10.2 Å². The maximum absolute atomic E-state index is 12.1. The number of allylic oxidation sites excluding steroid dienone is 3. The highest BCUT2D eigenvalue weighted by molar-refractivity contribution is 5.93. The SMILES string of the molecule is C=C1C=CC(c2cnn(CCOC)c2)=CN1C(=N)C(C)c1ccc2nc(NC(=O)C3CC3)cn2n1. The van der Waals surface area contributed by atoms with Gasteiger partial charge in [0, 0.05) is 42.3 Å². The predicted molar refractivity (Wildman–Crippen MR) is 133 cm³/mol. The third-order valence-corrected chi connectivity index (χ3v) is 6.18. The van der Waals surface area contributed by atoms with Crippen molar-refractivity contribution in [3.63, 3.8) is 0 Å². The number of amides is 1. The lowest BCUT2D eigenvalue weighted by Gasteiger charge is -2.28. The first kappa shape index (κ1) is 22.7. The van der Waals surface area contributed by atoms with Crippen molar-refractivity contribution in [1.29, 1.82) is 5.41 Å². The van der Waals surface area contributed by atoms with Crippen LogP contribution in [-0.4, -0.2) is 54.7 Å². The summed E-state index contributed by atoms with van der Waals surface area (Å²) in [4.78, 5) is 18.3. The van der Waals surface area contributed by atoms with Crippen LogP contribution < -0.4 is 5.32 Å². The molecule has 5 rings (SSSR count). The molecule has 1 atom stereocenters. The van der Waals surface area contributed by atoms with Crippen LogP contribution in [0, 0.1) is 11.3 Å². The smallest absolute Gasteiger partial charge is 0.228 e. The lowest BCUT2D eigenvalue weighted by atomic mass is 10.0. The van der Waals surface area contributed by atoms with E-state index in [1.54, 1.807) is 28.9 Å². The van der Waals surface area contributed by atoms with Gasteiger partial charge in [-0.15, -0.1) is 0 Å². The van der Waals surface area contributed by atoms with Crippen LogP contribution in [0.2, 0.25) is 0 Å². The highest BCUT2D eigenvalue weighted by Crippen LogP contribution is 2.30. The molecule has 1 aliphatic carbocycles. The molecule has 1 aliphatic heterocycles. The Morgan fingerprint density at radius 2 is 2.14 bits per heavy atom. The number of carbonyl (C=O) groups excluding carboxylic acids is 1. The normalized spacial score (nSPS) is 16.5. The molecule has 1 unspecified atom stereocenters. The van der Waals surface area contributed by atoms with E-state index in [4.69, 9.17) is 10.1 Å². The van der Waals surface area contributed by atoms with Crippen LogP contribution in [0.3, 0.4) is 0 Å².